The number of nitrogens with one attached hydrogen (secondary N) is 3. The van der Waals surface area contributed by atoms with E-state index >= 15 is 0 Å². The van der Waals surface area contributed by atoms with Gasteiger partial charge < -0.3 is 14.7 Å². The van der Waals surface area contributed by atoms with Crippen molar-refractivity contribution in [2.24, 2.45) is 0 Å². The average Bonchev–Trinajstić information content (AvgIpc) is 3.34. The van der Waals surface area contributed by atoms with Crippen LogP contribution < -0.4 is 10.6 Å². The number of benzene rings is 2. The summed E-state index contributed by atoms with van der Waals surface area (Å²) in [5.74, 6) is 0.494. The van der Waals surface area contributed by atoms with Crippen LogP contribution in [0.5, 0.6) is 0 Å². The van der Waals surface area contributed by atoms with Crippen molar-refractivity contribution < 1.29 is 14.0 Å². The van der Waals surface area contributed by atoms with E-state index in [0.717, 1.165) is 22.2 Å². The van der Waals surface area contributed by atoms with Gasteiger partial charge in [-0.25, -0.2) is 4.98 Å². The Balaban J connectivity index is 1.49. The number of carbonyl (C=O) groups is 2. The summed E-state index contributed by atoms with van der Waals surface area (Å²) in [6.45, 7) is 0. The van der Waals surface area contributed by atoms with Crippen molar-refractivity contribution >= 4 is 51.5 Å². The Kier molecular flexibility index (Phi) is 5.53. The number of aromatic amines is 1. The van der Waals surface area contributed by atoms with Crippen molar-refractivity contribution in [2.45, 2.75) is 12.5 Å². The van der Waals surface area contributed by atoms with Gasteiger partial charge in [0, 0.05) is 5.39 Å². The molecule has 4 aromatic rings. The standard InChI is InChI=1S/C21H20N4O3S/c1-29-11-10-16(19(26)25-21-23-14-7-3-4-8-15(14)24-21)22-20(27)18-12-13-6-2-5-9-17(13)28-18/h2-9,12,16H,10-11H2,1H3,(H,22,27)(H2,23,24,25,26)/t16-/m1/s1. The highest BCUT2D eigenvalue weighted by Gasteiger charge is 2.24. The second-order valence-electron chi connectivity index (χ2n) is 6.55. The first-order valence-corrected chi connectivity index (χ1v) is 10.6. The highest BCUT2D eigenvalue weighted by molar-refractivity contribution is 7.98. The molecule has 2 amide bonds. The van der Waals surface area contributed by atoms with Gasteiger partial charge in [0.25, 0.3) is 5.91 Å². The zero-order valence-electron chi connectivity index (χ0n) is 15.8. The van der Waals surface area contributed by atoms with Crippen LogP contribution in [0.4, 0.5) is 5.95 Å². The molecule has 0 aliphatic heterocycles. The zero-order valence-corrected chi connectivity index (χ0v) is 16.6. The number of furan rings is 1. The molecule has 0 aliphatic rings. The number of fused-ring (bicyclic) bond motifs is 2. The van der Waals surface area contributed by atoms with Crippen molar-refractivity contribution in [3.63, 3.8) is 0 Å². The summed E-state index contributed by atoms with van der Waals surface area (Å²) in [5.41, 5.74) is 2.22. The van der Waals surface area contributed by atoms with Gasteiger partial charge >= 0.3 is 0 Å². The van der Waals surface area contributed by atoms with Crippen molar-refractivity contribution in [3.05, 3.63) is 60.4 Å². The maximum absolute atomic E-state index is 12.8. The third-order valence-electron chi connectivity index (χ3n) is 4.51. The van der Waals surface area contributed by atoms with Crippen LogP contribution in [0.2, 0.25) is 0 Å². The van der Waals surface area contributed by atoms with E-state index in [1.165, 1.54) is 0 Å². The number of hydrogen-bond donors (Lipinski definition) is 3. The number of aromatic nitrogens is 2. The van der Waals surface area contributed by atoms with Gasteiger partial charge in [0.05, 0.1) is 11.0 Å². The van der Waals surface area contributed by atoms with Crippen LogP contribution in [0.1, 0.15) is 17.0 Å². The molecule has 0 unspecified atom stereocenters. The molecule has 1 atom stereocenters. The van der Waals surface area contributed by atoms with E-state index in [0.29, 0.717) is 18.0 Å². The minimum atomic E-state index is -0.712. The van der Waals surface area contributed by atoms with Gasteiger partial charge in [0.2, 0.25) is 11.9 Å². The van der Waals surface area contributed by atoms with Crippen LogP contribution >= 0.6 is 11.8 Å². The fourth-order valence-electron chi connectivity index (χ4n) is 3.04. The highest BCUT2D eigenvalue weighted by atomic mass is 32.2. The number of rotatable bonds is 7. The monoisotopic (exact) mass is 408 g/mol. The van der Waals surface area contributed by atoms with Crippen molar-refractivity contribution in [3.8, 4) is 0 Å². The minimum absolute atomic E-state index is 0.178. The molecule has 0 fully saturated rings. The molecule has 148 valence electrons. The molecule has 0 saturated carbocycles. The summed E-state index contributed by atoms with van der Waals surface area (Å²) in [7, 11) is 0. The number of imidazole rings is 1. The van der Waals surface area contributed by atoms with E-state index in [1.807, 2.05) is 48.7 Å². The van der Waals surface area contributed by atoms with E-state index in [-0.39, 0.29) is 11.7 Å². The molecular formula is C21H20N4O3S. The van der Waals surface area contributed by atoms with Gasteiger partial charge in [-0.3, -0.25) is 14.9 Å². The predicted octanol–water partition coefficient (Wildman–Crippen LogP) is 3.80. The highest BCUT2D eigenvalue weighted by Crippen LogP contribution is 2.19. The number of H-pyrrole nitrogens is 1. The SMILES string of the molecule is CSCC[C@@H](NC(=O)c1cc2ccccc2o1)C(=O)Nc1nc2ccccc2[nH]1. The number of amides is 2. The molecular weight excluding hydrogens is 388 g/mol. The minimum Gasteiger partial charge on any atom is -0.451 e. The van der Waals surface area contributed by atoms with Crippen molar-refractivity contribution in [2.75, 3.05) is 17.3 Å². The molecule has 0 aliphatic carbocycles. The van der Waals surface area contributed by atoms with Crippen molar-refractivity contribution in [1.29, 1.82) is 0 Å². The number of thioether (sulfide) groups is 1. The van der Waals surface area contributed by atoms with E-state index in [2.05, 4.69) is 20.6 Å². The molecule has 7 nitrogen and oxygen atoms in total. The first-order valence-electron chi connectivity index (χ1n) is 9.18. The number of anilines is 1. The van der Waals surface area contributed by atoms with Crippen LogP contribution in [-0.4, -0.2) is 39.8 Å². The number of nitrogens with zero attached hydrogens (tertiary/aromatic N) is 1. The Labute approximate surface area is 171 Å². The van der Waals surface area contributed by atoms with Gasteiger partial charge in [0.1, 0.15) is 11.6 Å². The molecule has 4 rings (SSSR count). The van der Waals surface area contributed by atoms with Crippen LogP contribution in [0.3, 0.4) is 0 Å². The fourth-order valence-corrected chi connectivity index (χ4v) is 3.51. The largest absolute Gasteiger partial charge is 0.451 e. The van der Waals surface area contributed by atoms with E-state index in [9.17, 15) is 9.59 Å². The van der Waals surface area contributed by atoms with Gasteiger partial charge in [-0.1, -0.05) is 30.3 Å². The molecule has 0 bridgehead atoms. The molecule has 3 N–H and O–H groups in total. The Morgan fingerprint density at radius 2 is 1.97 bits per heavy atom. The normalized spacial score (nSPS) is 12.2. The molecule has 2 aromatic heterocycles. The van der Waals surface area contributed by atoms with Gasteiger partial charge in [-0.2, -0.15) is 11.8 Å². The van der Waals surface area contributed by atoms with E-state index in [1.54, 1.807) is 23.9 Å². The first kappa shape index (κ1) is 19.1. The topological polar surface area (TPSA) is 100 Å². The summed E-state index contributed by atoms with van der Waals surface area (Å²) in [4.78, 5) is 32.9. The van der Waals surface area contributed by atoms with E-state index < -0.39 is 11.9 Å². The molecule has 0 spiro atoms. The average molecular weight is 408 g/mol. The van der Waals surface area contributed by atoms with Crippen LogP contribution in [0.25, 0.3) is 22.0 Å². The second kappa shape index (κ2) is 8.40. The lowest BCUT2D eigenvalue weighted by Gasteiger charge is -2.16. The first-order chi connectivity index (χ1) is 14.1. The smallest absolute Gasteiger partial charge is 0.287 e. The zero-order chi connectivity index (χ0) is 20.2. The molecule has 0 radical (unpaired) electrons. The molecule has 2 aromatic carbocycles. The number of hydrogen-bond acceptors (Lipinski definition) is 5. The summed E-state index contributed by atoms with van der Waals surface area (Å²) in [6.07, 6.45) is 2.44. The maximum Gasteiger partial charge on any atom is 0.287 e. The lowest BCUT2D eigenvalue weighted by atomic mass is 10.2. The Morgan fingerprint density at radius 3 is 2.76 bits per heavy atom. The van der Waals surface area contributed by atoms with E-state index in [4.69, 9.17) is 4.42 Å². The van der Waals surface area contributed by atoms with Crippen LogP contribution in [0.15, 0.2) is 59.0 Å². The van der Waals surface area contributed by atoms with Crippen LogP contribution in [0, 0.1) is 0 Å². The molecule has 0 saturated heterocycles. The number of carbonyl (C=O) groups excluding carboxylic acids is 2. The predicted molar refractivity (Wildman–Crippen MR) is 115 cm³/mol. The third-order valence-corrected chi connectivity index (χ3v) is 5.16. The van der Waals surface area contributed by atoms with Crippen molar-refractivity contribution in [1.82, 2.24) is 15.3 Å². The Bertz CT molecular complexity index is 1100. The summed E-state index contributed by atoms with van der Waals surface area (Å²) >= 11 is 1.61. The summed E-state index contributed by atoms with van der Waals surface area (Å²) < 4.78 is 5.61. The maximum atomic E-state index is 12.8. The Hall–Kier alpha value is -3.26. The van der Waals surface area contributed by atoms with Gasteiger partial charge in [-0.15, -0.1) is 0 Å². The molecule has 2 heterocycles. The number of para-hydroxylation sites is 3. The summed E-state index contributed by atoms with van der Waals surface area (Å²) in [5, 5.41) is 6.38. The second-order valence-corrected chi connectivity index (χ2v) is 7.53. The fraction of sp³-hybridized carbons (Fsp3) is 0.190. The Morgan fingerprint density at radius 1 is 1.17 bits per heavy atom. The van der Waals surface area contributed by atoms with Gasteiger partial charge in [0.15, 0.2) is 5.76 Å². The lowest BCUT2D eigenvalue weighted by molar-refractivity contribution is -0.118. The molecule has 29 heavy (non-hydrogen) atoms. The van der Waals surface area contributed by atoms with Crippen LogP contribution in [-0.2, 0) is 4.79 Å². The lowest BCUT2D eigenvalue weighted by Crippen LogP contribution is -2.44. The third kappa shape index (κ3) is 4.27. The molecule has 8 heteroatoms. The summed E-state index contributed by atoms with van der Waals surface area (Å²) in [6, 6.07) is 15.9. The van der Waals surface area contributed by atoms with Gasteiger partial charge in [-0.05, 0) is 42.7 Å². The quantitative estimate of drug-likeness (QED) is 0.432.